The SMILES string of the molecule is c1ccc(C2(c3ccccc3)c3ccccc3N(c3nc(-c4ccc5ccccc5c4)c4ccc5oc6cc7ccccc7cc6c5c4n3)c3ccccc32)cc1. The highest BCUT2D eigenvalue weighted by atomic mass is 16.3. The average molecular weight is 728 g/mol. The summed E-state index contributed by atoms with van der Waals surface area (Å²) in [5, 5.41) is 7.64. The Kier molecular flexibility index (Phi) is 6.81. The van der Waals surface area contributed by atoms with Crippen LogP contribution in [0, 0.1) is 0 Å². The average Bonchev–Trinajstić information content (AvgIpc) is 3.65. The van der Waals surface area contributed by atoms with Gasteiger partial charge in [0.15, 0.2) is 0 Å². The Morgan fingerprint density at radius 1 is 0.421 bits per heavy atom. The Labute approximate surface area is 328 Å². The van der Waals surface area contributed by atoms with E-state index in [1.54, 1.807) is 0 Å². The van der Waals surface area contributed by atoms with Crippen LogP contribution >= 0.6 is 0 Å². The van der Waals surface area contributed by atoms with Crippen LogP contribution in [0.3, 0.4) is 0 Å². The number of aromatic nitrogens is 2. The van der Waals surface area contributed by atoms with Crippen molar-refractivity contribution in [3.8, 4) is 11.3 Å². The van der Waals surface area contributed by atoms with Crippen molar-refractivity contribution in [2.45, 2.75) is 5.41 Å². The van der Waals surface area contributed by atoms with Gasteiger partial charge in [0.1, 0.15) is 11.2 Å². The van der Waals surface area contributed by atoms with Crippen molar-refractivity contribution in [1.82, 2.24) is 9.97 Å². The third kappa shape index (κ3) is 4.62. The molecule has 0 saturated carbocycles. The minimum absolute atomic E-state index is 0.598. The topological polar surface area (TPSA) is 42.2 Å². The molecule has 0 atom stereocenters. The van der Waals surface area contributed by atoms with Crippen molar-refractivity contribution in [2.24, 2.45) is 0 Å². The summed E-state index contributed by atoms with van der Waals surface area (Å²) in [7, 11) is 0. The van der Waals surface area contributed by atoms with E-state index in [0.717, 1.165) is 82.8 Å². The zero-order valence-corrected chi connectivity index (χ0v) is 30.8. The lowest BCUT2D eigenvalue weighted by molar-refractivity contribution is 0.669. The zero-order chi connectivity index (χ0) is 37.5. The van der Waals surface area contributed by atoms with Crippen LogP contribution in [0.1, 0.15) is 22.3 Å². The molecule has 0 bridgehead atoms. The van der Waals surface area contributed by atoms with Gasteiger partial charge in [0.25, 0.3) is 0 Å². The summed E-state index contributed by atoms with van der Waals surface area (Å²) in [6, 6.07) is 71.5. The normalized spacial score (nSPS) is 13.4. The van der Waals surface area contributed by atoms with Gasteiger partial charge in [-0.2, -0.15) is 0 Å². The number of benzene rings is 9. The molecule has 0 spiro atoms. The quantitative estimate of drug-likeness (QED) is 0.181. The number of furan rings is 1. The third-order valence-corrected chi connectivity index (χ3v) is 11.9. The maximum atomic E-state index is 6.62. The molecule has 11 aromatic rings. The molecule has 0 radical (unpaired) electrons. The molecule has 0 fully saturated rings. The largest absolute Gasteiger partial charge is 0.456 e. The second-order valence-corrected chi connectivity index (χ2v) is 14.9. The summed E-state index contributed by atoms with van der Waals surface area (Å²) in [6.07, 6.45) is 0. The summed E-state index contributed by atoms with van der Waals surface area (Å²) >= 11 is 0. The van der Waals surface area contributed by atoms with Gasteiger partial charge in [-0.05, 0) is 86.3 Å². The molecule has 4 heteroatoms. The first kappa shape index (κ1) is 31.8. The van der Waals surface area contributed by atoms with E-state index in [4.69, 9.17) is 14.4 Å². The highest BCUT2D eigenvalue weighted by Gasteiger charge is 2.46. The molecule has 0 unspecified atom stereocenters. The first-order valence-electron chi connectivity index (χ1n) is 19.4. The van der Waals surface area contributed by atoms with Crippen molar-refractivity contribution in [3.05, 3.63) is 222 Å². The van der Waals surface area contributed by atoms with Crippen LogP contribution < -0.4 is 4.90 Å². The van der Waals surface area contributed by atoms with E-state index in [9.17, 15) is 0 Å². The highest BCUT2D eigenvalue weighted by molar-refractivity contribution is 6.21. The van der Waals surface area contributed by atoms with Crippen molar-refractivity contribution < 1.29 is 4.42 Å². The van der Waals surface area contributed by atoms with E-state index in [2.05, 4.69) is 205 Å². The third-order valence-electron chi connectivity index (χ3n) is 11.9. The van der Waals surface area contributed by atoms with Gasteiger partial charge in [0, 0.05) is 16.3 Å². The van der Waals surface area contributed by atoms with Gasteiger partial charge in [-0.1, -0.05) is 158 Å². The van der Waals surface area contributed by atoms with Gasteiger partial charge < -0.3 is 4.42 Å². The molecule has 0 saturated heterocycles. The van der Waals surface area contributed by atoms with Crippen LogP contribution in [0.15, 0.2) is 205 Å². The van der Waals surface area contributed by atoms with E-state index in [0.29, 0.717) is 5.95 Å². The van der Waals surface area contributed by atoms with Crippen LogP contribution in [0.5, 0.6) is 0 Å². The summed E-state index contributed by atoms with van der Waals surface area (Å²) in [6.45, 7) is 0. The number of rotatable bonds is 4. The molecular formula is C53H33N3O. The molecule has 12 rings (SSSR count). The summed E-state index contributed by atoms with van der Waals surface area (Å²) in [5.41, 5.74) is 10.6. The number of para-hydroxylation sites is 2. The molecule has 266 valence electrons. The number of nitrogens with zero attached hydrogens (tertiary/aromatic N) is 3. The van der Waals surface area contributed by atoms with Crippen molar-refractivity contribution in [3.63, 3.8) is 0 Å². The molecule has 57 heavy (non-hydrogen) atoms. The fraction of sp³-hybridized carbons (Fsp3) is 0.0189. The molecule has 0 amide bonds. The lowest BCUT2D eigenvalue weighted by Gasteiger charge is -2.45. The minimum atomic E-state index is -0.598. The summed E-state index contributed by atoms with van der Waals surface area (Å²) in [5.74, 6) is 0.600. The monoisotopic (exact) mass is 727 g/mol. The second kappa shape index (κ2) is 12.2. The summed E-state index contributed by atoms with van der Waals surface area (Å²) < 4.78 is 6.62. The smallest absolute Gasteiger partial charge is 0.235 e. The predicted molar refractivity (Wildman–Crippen MR) is 234 cm³/mol. The Morgan fingerprint density at radius 3 is 1.65 bits per heavy atom. The first-order chi connectivity index (χ1) is 28.3. The van der Waals surface area contributed by atoms with E-state index in [1.807, 2.05) is 0 Å². The van der Waals surface area contributed by atoms with Crippen molar-refractivity contribution in [2.75, 3.05) is 4.90 Å². The molecule has 4 nitrogen and oxygen atoms in total. The zero-order valence-electron chi connectivity index (χ0n) is 30.8. The van der Waals surface area contributed by atoms with E-state index in [1.165, 1.54) is 16.5 Å². The van der Waals surface area contributed by atoms with Crippen LogP contribution in [0.4, 0.5) is 17.3 Å². The molecule has 3 heterocycles. The molecule has 1 aliphatic heterocycles. The van der Waals surface area contributed by atoms with Gasteiger partial charge in [0.05, 0.1) is 33.4 Å². The van der Waals surface area contributed by atoms with Crippen molar-refractivity contribution in [1.29, 1.82) is 0 Å². The number of anilines is 3. The van der Waals surface area contributed by atoms with Gasteiger partial charge >= 0.3 is 0 Å². The molecule has 1 aliphatic rings. The molecule has 0 aliphatic carbocycles. The van der Waals surface area contributed by atoms with E-state index < -0.39 is 5.41 Å². The van der Waals surface area contributed by atoms with Crippen LogP contribution in [0.25, 0.3) is 65.6 Å². The van der Waals surface area contributed by atoms with Gasteiger partial charge in [-0.15, -0.1) is 0 Å². The second-order valence-electron chi connectivity index (χ2n) is 14.9. The van der Waals surface area contributed by atoms with Crippen LogP contribution in [-0.4, -0.2) is 9.97 Å². The molecule has 0 N–H and O–H groups in total. The maximum absolute atomic E-state index is 6.62. The fourth-order valence-corrected chi connectivity index (χ4v) is 9.41. The number of hydrogen-bond acceptors (Lipinski definition) is 4. The van der Waals surface area contributed by atoms with Crippen LogP contribution in [-0.2, 0) is 5.41 Å². The first-order valence-corrected chi connectivity index (χ1v) is 19.4. The van der Waals surface area contributed by atoms with Gasteiger partial charge in [-0.25, -0.2) is 9.97 Å². The van der Waals surface area contributed by atoms with Gasteiger partial charge in [0.2, 0.25) is 5.95 Å². The maximum Gasteiger partial charge on any atom is 0.235 e. The Balaban J connectivity index is 1.20. The van der Waals surface area contributed by atoms with E-state index >= 15 is 0 Å². The van der Waals surface area contributed by atoms with Crippen molar-refractivity contribution >= 4 is 71.7 Å². The van der Waals surface area contributed by atoms with Crippen LogP contribution in [0.2, 0.25) is 0 Å². The Morgan fingerprint density at radius 2 is 0.982 bits per heavy atom. The highest BCUT2D eigenvalue weighted by Crippen LogP contribution is 2.57. The van der Waals surface area contributed by atoms with E-state index in [-0.39, 0.29) is 0 Å². The Bertz CT molecular complexity index is 3280. The lowest BCUT2D eigenvalue weighted by atomic mass is 9.62. The standard InChI is InChI=1S/C53H33N3O/c1-3-19-39(20-4-1)53(40-21-5-2-6-22-40)43-23-11-13-25-45(43)56(46-26-14-12-24-44(46)53)52-54-50(38-28-27-34-15-7-8-16-35(34)31-38)41-29-30-47-49(51(41)55-52)42-32-36-17-9-10-18-37(36)33-48(42)57-47/h1-33H. The lowest BCUT2D eigenvalue weighted by Crippen LogP contribution is -2.38. The number of hydrogen-bond donors (Lipinski definition) is 0. The molecule has 2 aromatic heterocycles. The molecule has 9 aromatic carbocycles. The molecular weight excluding hydrogens is 695 g/mol. The summed E-state index contributed by atoms with van der Waals surface area (Å²) in [4.78, 5) is 13.5. The Hall–Kier alpha value is -7.56. The predicted octanol–water partition coefficient (Wildman–Crippen LogP) is 13.7. The minimum Gasteiger partial charge on any atom is -0.456 e. The van der Waals surface area contributed by atoms with Gasteiger partial charge in [-0.3, -0.25) is 4.90 Å². The fourth-order valence-electron chi connectivity index (χ4n) is 9.41. The number of fused-ring (bicyclic) bond motifs is 9.